The Hall–Kier alpha value is -1.01. The van der Waals surface area contributed by atoms with Gasteiger partial charge in [-0.3, -0.25) is 4.79 Å². The zero-order valence-electron chi connectivity index (χ0n) is 6.34. The van der Waals surface area contributed by atoms with E-state index in [1.54, 1.807) is 0 Å². The number of hydrogen-bond donors (Lipinski definition) is 2. The lowest BCUT2D eigenvalue weighted by Gasteiger charge is -2.07. The van der Waals surface area contributed by atoms with Gasteiger partial charge in [0.25, 0.3) is 0 Å². The van der Waals surface area contributed by atoms with Crippen molar-refractivity contribution >= 4 is 5.91 Å². The van der Waals surface area contributed by atoms with Crippen LogP contribution < -0.4 is 11.1 Å². The molecule has 1 unspecified atom stereocenters. The molecule has 0 saturated carbocycles. The fourth-order valence-corrected chi connectivity index (χ4v) is 1.24. The summed E-state index contributed by atoms with van der Waals surface area (Å²) in [5, 5.41) is 2.74. The molecule has 0 spiro atoms. The van der Waals surface area contributed by atoms with Gasteiger partial charge >= 0.3 is 0 Å². The van der Waals surface area contributed by atoms with Crippen LogP contribution in [0.3, 0.4) is 0 Å². The summed E-state index contributed by atoms with van der Waals surface area (Å²) in [6, 6.07) is -0.274. The molecule has 60 valence electrons. The predicted octanol–water partition coefficient (Wildman–Crippen LogP) is -0.527. The molecule has 1 saturated heterocycles. The zero-order chi connectivity index (χ0) is 8.27. The summed E-state index contributed by atoms with van der Waals surface area (Å²) < 4.78 is 0. The number of terminal acetylenes is 1. The summed E-state index contributed by atoms with van der Waals surface area (Å²) in [6.45, 7) is 0.765. The Kier molecular flexibility index (Phi) is 2.50. The van der Waals surface area contributed by atoms with Crippen molar-refractivity contribution < 1.29 is 4.79 Å². The van der Waals surface area contributed by atoms with Crippen LogP contribution in [0.5, 0.6) is 0 Å². The molecular formula is C8H12N2O. The molecule has 1 amide bonds. The van der Waals surface area contributed by atoms with E-state index in [-0.39, 0.29) is 17.9 Å². The van der Waals surface area contributed by atoms with Crippen LogP contribution in [0.1, 0.15) is 12.8 Å². The van der Waals surface area contributed by atoms with Crippen molar-refractivity contribution in [1.82, 2.24) is 5.32 Å². The minimum atomic E-state index is -0.274. The Morgan fingerprint density at radius 3 is 3.09 bits per heavy atom. The SMILES string of the molecule is C#CC(N)C[C@@H]1CCNC1=O. The first-order chi connectivity index (χ1) is 5.24. The van der Waals surface area contributed by atoms with Crippen molar-refractivity contribution in [2.45, 2.75) is 18.9 Å². The highest BCUT2D eigenvalue weighted by molar-refractivity contribution is 5.80. The number of amides is 1. The van der Waals surface area contributed by atoms with Gasteiger partial charge in [0.15, 0.2) is 0 Å². The largest absolute Gasteiger partial charge is 0.356 e. The zero-order valence-corrected chi connectivity index (χ0v) is 6.34. The average molecular weight is 152 g/mol. The van der Waals surface area contributed by atoms with E-state index in [9.17, 15) is 4.79 Å². The van der Waals surface area contributed by atoms with Gasteiger partial charge in [-0.2, -0.15) is 0 Å². The molecule has 3 N–H and O–H groups in total. The Morgan fingerprint density at radius 1 is 1.91 bits per heavy atom. The van der Waals surface area contributed by atoms with Crippen molar-refractivity contribution in [1.29, 1.82) is 0 Å². The first-order valence-corrected chi connectivity index (χ1v) is 3.73. The predicted molar refractivity (Wildman–Crippen MR) is 42.5 cm³/mol. The van der Waals surface area contributed by atoms with Gasteiger partial charge in [-0.1, -0.05) is 5.92 Å². The van der Waals surface area contributed by atoms with E-state index in [1.807, 2.05) is 0 Å². The third kappa shape index (κ3) is 1.95. The maximum atomic E-state index is 11.0. The number of carbonyl (C=O) groups excluding carboxylic acids is 1. The molecule has 0 aromatic heterocycles. The molecular weight excluding hydrogens is 140 g/mol. The lowest BCUT2D eigenvalue weighted by Crippen LogP contribution is -2.26. The Morgan fingerprint density at radius 2 is 2.64 bits per heavy atom. The van der Waals surface area contributed by atoms with Gasteiger partial charge in [-0.05, 0) is 12.8 Å². The minimum Gasteiger partial charge on any atom is -0.356 e. The van der Waals surface area contributed by atoms with Crippen molar-refractivity contribution in [3.8, 4) is 12.3 Å². The van der Waals surface area contributed by atoms with Crippen LogP contribution in [-0.2, 0) is 4.79 Å². The highest BCUT2D eigenvalue weighted by Gasteiger charge is 2.24. The Balaban J connectivity index is 2.38. The van der Waals surface area contributed by atoms with Gasteiger partial charge in [0, 0.05) is 12.5 Å². The van der Waals surface area contributed by atoms with Crippen LogP contribution in [0, 0.1) is 18.3 Å². The number of carbonyl (C=O) groups is 1. The topological polar surface area (TPSA) is 55.1 Å². The third-order valence-electron chi connectivity index (χ3n) is 1.92. The van der Waals surface area contributed by atoms with Gasteiger partial charge in [0.2, 0.25) is 5.91 Å². The molecule has 0 aromatic rings. The summed E-state index contributed by atoms with van der Waals surface area (Å²) >= 11 is 0. The van der Waals surface area contributed by atoms with Crippen LogP contribution in [-0.4, -0.2) is 18.5 Å². The molecule has 3 nitrogen and oxygen atoms in total. The fourth-order valence-electron chi connectivity index (χ4n) is 1.24. The fraction of sp³-hybridized carbons (Fsp3) is 0.625. The summed E-state index contributed by atoms with van der Waals surface area (Å²) in [5.41, 5.74) is 5.50. The second kappa shape index (κ2) is 3.40. The molecule has 1 aliphatic rings. The summed E-state index contributed by atoms with van der Waals surface area (Å²) in [7, 11) is 0. The lowest BCUT2D eigenvalue weighted by atomic mass is 9.99. The Labute approximate surface area is 66.3 Å². The Bertz CT molecular complexity index is 195. The van der Waals surface area contributed by atoms with E-state index in [0.717, 1.165) is 13.0 Å². The maximum Gasteiger partial charge on any atom is 0.223 e. The molecule has 2 atom stereocenters. The van der Waals surface area contributed by atoms with Gasteiger partial charge in [0.05, 0.1) is 6.04 Å². The highest BCUT2D eigenvalue weighted by Crippen LogP contribution is 2.14. The van der Waals surface area contributed by atoms with Crippen LogP contribution in [0.15, 0.2) is 0 Å². The van der Waals surface area contributed by atoms with Crippen molar-refractivity contribution in [2.24, 2.45) is 11.7 Å². The number of hydrogen-bond acceptors (Lipinski definition) is 2. The van der Waals surface area contributed by atoms with E-state index >= 15 is 0 Å². The molecule has 1 fully saturated rings. The number of nitrogens with one attached hydrogen (secondary N) is 1. The van der Waals surface area contributed by atoms with Gasteiger partial charge in [-0.15, -0.1) is 6.42 Å². The summed E-state index contributed by atoms with van der Waals surface area (Å²) in [4.78, 5) is 11.0. The number of rotatable bonds is 2. The molecule has 1 rings (SSSR count). The molecule has 3 heteroatoms. The molecule has 0 aliphatic carbocycles. The van der Waals surface area contributed by atoms with Gasteiger partial charge < -0.3 is 11.1 Å². The van der Waals surface area contributed by atoms with E-state index < -0.39 is 0 Å². The van der Waals surface area contributed by atoms with Crippen LogP contribution in [0.25, 0.3) is 0 Å². The van der Waals surface area contributed by atoms with E-state index in [0.29, 0.717) is 6.42 Å². The monoisotopic (exact) mass is 152 g/mol. The summed E-state index contributed by atoms with van der Waals surface area (Å²) in [6.07, 6.45) is 6.57. The average Bonchev–Trinajstić information content (AvgIpc) is 2.37. The van der Waals surface area contributed by atoms with E-state index in [1.165, 1.54) is 0 Å². The maximum absolute atomic E-state index is 11.0. The van der Waals surface area contributed by atoms with Crippen molar-refractivity contribution in [2.75, 3.05) is 6.54 Å². The quantitative estimate of drug-likeness (QED) is 0.523. The van der Waals surface area contributed by atoms with Crippen LogP contribution in [0.4, 0.5) is 0 Å². The van der Waals surface area contributed by atoms with Crippen molar-refractivity contribution in [3.05, 3.63) is 0 Å². The molecule has 1 heterocycles. The van der Waals surface area contributed by atoms with E-state index in [4.69, 9.17) is 12.2 Å². The van der Waals surface area contributed by atoms with Crippen LogP contribution in [0.2, 0.25) is 0 Å². The molecule has 0 radical (unpaired) electrons. The second-order valence-corrected chi connectivity index (χ2v) is 2.79. The molecule has 0 aromatic carbocycles. The third-order valence-corrected chi connectivity index (χ3v) is 1.92. The van der Waals surface area contributed by atoms with Crippen molar-refractivity contribution in [3.63, 3.8) is 0 Å². The summed E-state index contributed by atoms with van der Waals surface area (Å²) in [5.74, 6) is 2.55. The first-order valence-electron chi connectivity index (χ1n) is 3.73. The number of nitrogens with two attached hydrogens (primary N) is 1. The second-order valence-electron chi connectivity index (χ2n) is 2.79. The lowest BCUT2D eigenvalue weighted by molar-refractivity contribution is -0.122. The smallest absolute Gasteiger partial charge is 0.223 e. The van der Waals surface area contributed by atoms with Crippen LogP contribution >= 0.6 is 0 Å². The minimum absolute atomic E-state index is 0.0426. The molecule has 1 aliphatic heterocycles. The highest BCUT2D eigenvalue weighted by atomic mass is 16.2. The van der Waals surface area contributed by atoms with Gasteiger partial charge in [0.1, 0.15) is 0 Å². The standard InChI is InChI=1S/C8H12N2O/c1-2-7(9)5-6-3-4-10-8(6)11/h1,6-7H,3-5,9H2,(H,10,11)/t6-,7?/m0/s1. The molecule has 0 bridgehead atoms. The molecule has 11 heavy (non-hydrogen) atoms. The van der Waals surface area contributed by atoms with E-state index in [2.05, 4.69) is 11.2 Å². The van der Waals surface area contributed by atoms with Gasteiger partial charge in [-0.25, -0.2) is 0 Å². The normalized spacial score (nSPS) is 25.8. The first kappa shape index (κ1) is 8.09.